The van der Waals surface area contributed by atoms with Crippen molar-refractivity contribution in [2.75, 3.05) is 66.0 Å². The maximum Gasteiger partial charge on any atom is 0.246 e. The summed E-state index contributed by atoms with van der Waals surface area (Å²) in [7, 11) is 0. The highest BCUT2D eigenvalue weighted by Gasteiger charge is 2.02. The third kappa shape index (κ3) is 19.4. The van der Waals surface area contributed by atoms with Gasteiger partial charge in [-0.05, 0) is 19.8 Å². The lowest BCUT2D eigenvalue weighted by Gasteiger charge is -2.10. The summed E-state index contributed by atoms with van der Waals surface area (Å²) in [4.78, 5) is 11.4. The van der Waals surface area contributed by atoms with Crippen molar-refractivity contribution in [2.45, 2.75) is 40.2 Å². The third-order valence-electron chi connectivity index (χ3n) is 3.33. The average molecular weight is 363 g/mol. The Labute approximate surface area is 152 Å². The minimum absolute atomic E-state index is 0.0559. The number of amides is 1. The number of hydrogen-bond donors (Lipinski definition) is 1. The Morgan fingerprint density at radius 1 is 0.840 bits per heavy atom. The van der Waals surface area contributed by atoms with Crippen LogP contribution in [0.1, 0.15) is 34.1 Å². The van der Waals surface area contributed by atoms with Gasteiger partial charge in [-0.3, -0.25) is 4.79 Å². The first-order valence-corrected chi connectivity index (χ1v) is 9.25. The van der Waals surface area contributed by atoms with Gasteiger partial charge in [-0.25, -0.2) is 0 Å². The van der Waals surface area contributed by atoms with Crippen LogP contribution >= 0.6 is 0 Å². The van der Waals surface area contributed by atoms with E-state index in [1.165, 1.54) is 0 Å². The van der Waals surface area contributed by atoms with Crippen LogP contribution in [0.25, 0.3) is 0 Å². The van der Waals surface area contributed by atoms with Crippen molar-refractivity contribution in [3.8, 4) is 0 Å². The van der Waals surface area contributed by atoms with Gasteiger partial charge in [-0.15, -0.1) is 0 Å². The van der Waals surface area contributed by atoms with Gasteiger partial charge < -0.3 is 29.0 Å². The first-order valence-electron chi connectivity index (χ1n) is 9.25. The second-order valence-corrected chi connectivity index (χ2v) is 6.14. The Kier molecular flexibility index (Phi) is 17.5. The second-order valence-electron chi connectivity index (χ2n) is 6.14. The van der Waals surface area contributed by atoms with E-state index in [2.05, 4.69) is 19.2 Å². The van der Waals surface area contributed by atoms with Crippen LogP contribution in [0.3, 0.4) is 0 Å². The number of hydrogen-bond acceptors (Lipinski definition) is 6. The lowest BCUT2D eigenvalue weighted by molar-refractivity contribution is -0.127. The normalized spacial score (nSPS) is 12.5. The summed E-state index contributed by atoms with van der Waals surface area (Å²) in [6.07, 6.45) is 1.19. The zero-order valence-corrected chi connectivity index (χ0v) is 16.4. The van der Waals surface area contributed by atoms with Gasteiger partial charge in [0.15, 0.2) is 0 Å². The van der Waals surface area contributed by atoms with Crippen LogP contribution < -0.4 is 5.32 Å². The molecule has 7 nitrogen and oxygen atoms in total. The lowest BCUT2D eigenvalue weighted by Crippen LogP contribution is -2.31. The Morgan fingerprint density at radius 3 is 1.88 bits per heavy atom. The topological polar surface area (TPSA) is 75.3 Å². The highest BCUT2D eigenvalue weighted by molar-refractivity contribution is 5.77. The van der Waals surface area contributed by atoms with Crippen LogP contribution in [0, 0.1) is 5.92 Å². The molecule has 1 amide bonds. The molecule has 150 valence electrons. The average Bonchev–Trinajstić information content (AvgIpc) is 2.59. The maximum atomic E-state index is 11.4. The van der Waals surface area contributed by atoms with Crippen molar-refractivity contribution < 1.29 is 28.5 Å². The minimum Gasteiger partial charge on any atom is -0.379 e. The molecule has 0 aromatic carbocycles. The highest BCUT2D eigenvalue weighted by Crippen LogP contribution is 1.99. The van der Waals surface area contributed by atoms with Crippen LogP contribution in [-0.4, -0.2) is 78.0 Å². The molecule has 7 heteroatoms. The maximum absolute atomic E-state index is 11.4. The molecule has 0 bridgehead atoms. The molecule has 0 aliphatic carbocycles. The summed E-state index contributed by atoms with van der Waals surface area (Å²) in [6.45, 7) is 13.2. The second kappa shape index (κ2) is 18.1. The predicted octanol–water partition coefficient (Wildman–Crippen LogP) is 1.64. The van der Waals surface area contributed by atoms with Gasteiger partial charge in [-0.1, -0.05) is 20.3 Å². The first-order chi connectivity index (χ1) is 12.1. The first kappa shape index (κ1) is 24.3. The van der Waals surface area contributed by atoms with Gasteiger partial charge in [0.2, 0.25) is 5.91 Å². The Balaban J connectivity index is 3.13. The fourth-order valence-corrected chi connectivity index (χ4v) is 1.62. The highest BCUT2D eigenvalue weighted by atomic mass is 16.6. The van der Waals surface area contributed by atoms with Crippen LogP contribution in [0.15, 0.2) is 0 Å². The Bertz CT molecular complexity index is 301. The summed E-state index contributed by atoms with van der Waals surface area (Å²) < 4.78 is 26.8. The SMILES string of the molecule is CCC(C)COCCOCCOCCOCCNC(=O)COC(C)C. The molecule has 0 spiro atoms. The minimum atomic E-state index is -0.126. The van der Waals surface area contributed by atoms with Crippen molar-refractivity contribution in [1.82, 2.24) is 5.32 Å². The molecule has 0 saturated heterocycles. The Hall–Kier alpha value is -0.730. The molecule has 0 aromatic rings. The molecule has 1 unspecified atom stereocenters. The van der Waals surface area contributed by atoms with Crippen molar-refractivity contribution >= 4 is 5.91 Å². The molecule has 0 saturated carbocycles. The van der Waals surface area contributed by atoms with E-state index in [9.17, 15) is 4.79 Å². The molecule has 1 atom stereocenters. The zero-order valence-electron chi connectivity index (χ0n) is 16.4. The van der Waals surface area contributed by atoms with Crippen molar-refractivity contribution in [3.63, 3.8) is 0 Å². The van der Waals surface area contributed by atoms with Crippen LogP contribution in [0.5, 0.6) is 0 Å². The van der Waals surface area contributed by atoms with Crippen LogP contribution in [0.4, 0.5) is 0 Å². The lowest BCUT2D eigenvalue weighted by atomic mass is 10.1. The molecular formula is C18H37NO6. The summed E-state index contributed by atoms with van der Waals surface area (Å²) in [5, 5.41) is 2.72. The van der Waals surface area contributed by atoms with E-state index in [0.717, 1.165) is 13.0 Å². The van der Waals surface area contributed by atoms with Crippen LogP contribution in [0.2, 0.25) is 0 Å². The smallest absolute Gasteiger partial charge is 0.246 e. The number of nitrogens with one attached hydrogen (secondary N) is 1. The number of carbonyl (C=O) groups is 1. The fraction of sp³-hybridized carbons (Fsp3) is 0.944. The van der Waals surface area contributed by atoms with Crippen molar-refractivity contribution in [1.29, 1.82) is 0 Å². The molecule has 1 N–H and O–H groups in total. The van der Waals surface area contributed by atoms with Gasteiger partial charge in [0, 0.05) is 13.2 Å². The Morgan fingerprint density at radius 2 is 1.36 bits per heavy atom. The van der Waals surface area contributed by atoms with Gasteiger partial charge in [0.1, 0.15) is 6.61 Å². The molecule has 0 radical (unpaired) electrons. The van der Waals surface area contributed by atoms with E-state index in [0.29, 0.717) is 58.7 Å². The summed E-state index contributed by atoms with van der Waals surface area (Å²) in [6, 6.07) is 0. The molecule has 0 heterocycles. The van der Waals surface area contributed by atoms with Gasteiger partial charge in [0.25, 0.3) is 0 Å². The third-order valence-corrected chi connectivity index (χ3v) is 3.33. The van der Waals surface area contributed by atoms with E-state index >= 15 is 0 Å². The number of rotatable bonds is 18. The van der Waals surface area contributed by atoms with E-state index in [1.807, 2.05) is 13.8 Å². The fourth-order valence-electron chi connectivity index (χ4n) is 1.62. The summed E-state index contributed by atoms with van der Waals surface area (Å²) in [5.74, 6) is 0.476. The van der Waals surface area contributed by atoms with E-state index in [4.69, 9.17) is 23.7 Å². The largest absolute Gasteiger partial charge is 0.379 e. The summed E-state index contributed by atoms with van der Waals surface area (Å²) >= 11 is 0. The molecule has 0 aromatic heterocycles. The molecule has 0 aliphatic heterocycles. The summed E-state index contributed by atoms with van der Waals surface area (Å²) in [5.41, 5.74) is 0. The zero-order chi connectivity index (χ0) is 18.8. The number of carbonyl (C=O) groups excluding carboxylic acids is 1. The molecule has 0 aliphatic rings. The monoisotopic (exact) mass is 363 g/mol. The van der Waals surface area contributed by atoms with Gasteiger partial charge in [-0.2, -0.15) is 0 Å². The van der Waals surface area contributed by atoms with Crippen molar-refractivity contribution in [2.24, 2.45) is 5.92 Å². The molecule has 0 rings (SSSR count). The van der Waals surface area contributed by atoms with E-state index in [-0.39, 0.29) is 18.6 Å². The van der Waals surface area contributed by atoms with Crippen LogP contribution in [-0.2, 0) is 28.5 Å². The van der Waals surface area contributed by atoms with Gasteiger partial charge >= 0.3 is 0 Å². The standard InChI is InChI=1S/C18H37NO6/c1-5-17(4)14-24-13-12-23-11-10-22-9-8-21-7-6-19-18(20)15-25-16(2)3/h16-17H,5-15H2,1-4H3,(H,19,20). The quantitative estimate of drug-likeness (QED) is 0.373. The predicted molar refractivity (Wildman–Crippen MR) is 96.8 cm³/mol. The van der Waals surface area contributed by atoms with Gasteiger partial charge in [0.05, 0.1) is 52.4 Å². The van der Waals surface area contributed by atoms with E-state index in [1.54, 1.807) is 0 Å². The van der Waals surface area contributed by atoms with E-state index < -0.39 is 0 Å². The van der Waals surface area contributed by atoms with Crippen molar-refractivity contribution in [3.05, 3.63) is 0 Å². The number of ether oxygens (including phenoxy) is 5. The molecule has 25 heavy (non-hydrogen) atoms. The molecule has 0 fully saturated rings. The molecular weight excluding hydrogens is 326 g/mol.